The molecule has 88 valence electrons. The van der Waals surface area contributed by atoms with Crippen molar-refractivity contribution >= 4 is 5.69 Å². The van der Waals surface area contributed by atoms with Crippen molar-refractivity contribution in [1.82, 2.24) is 0 Å². The Kier molecular flexibility index (Phi) is 3.67. The minimum absolute atomic E-state index is 0.380. The van der Waals surface area contributed by atoms with Gasteiger partial charge in [-0.25, -0.2) is 0 Å². The molecule has 2 rings (SSSR count). The van der Waals surface area contributed by atoms with E-state index in [2.05, 4.69) is 0 Å². The lowest BCUT2D eigenvalue weighted by molar-refractivity contribution is 0.0903. The lowest BCUT2D eigenvalue weighted by Gasteiger charge is -2.13. The maximum Gasteiger partial charge on any atom is 0.145 e. The molecule has 1 unspecified atom stereocenters. The number of aryl methyl sites for hydroxylation is 1. The Morgan fingerprint density at radius 1 is 1.50 bits per heavy atom. The third kappa shape index (κ3) is 2.67. The molecule has 0 radical (unpaired) electrons. The Balaban J connectivity index is 1.84. The maximum absolute atomic E-state index is 5.86. The van der Waals surface area contributed by atoms with Gasteiger partial charge >= 0.3 is 0 Å². The quantitative estimate of drug-likeness (QED) is 0.794. The molecule has 16 heavy (non-hydrogen) atoms. The van der Waals surface area contributed by atoms with Crippen molar-refractivity contribution in [2.24, 2.45) is 0 Å². The number of benzene rings is 1. The highest BCUT2D eigenvalue weighted by Crippen LogP contribution is 2.26. The Bertz CT molecular complexity index is 326. The molecule has 1 fully saturated rings. The fraction of sp³-hybridized carbons (Fsp3) is 0.538. The molecule has 0 saturated carbocycles. The van der Waals surface area contributed by atoms with Gasteiger partial charge in [-0.1, -0.05) is 12.1 Å². The molecule has 3 nitrogen and oxygen atoms in total. The van der Waals surface area contributed by atoms with Gasteiger partial charge in [0.05, 0.1) is 18.4 Å². The standard InChI is InChI=1S/C13H19NO2/c1-10-4-2-6-12(14)13(10)16-9-7-11-5-3-8-15-11/h2,4,6,11H,3,5,7-9,14H2,1H3. The highest BCUT2D eigenvalue weighted by molar-refractivity contribution is 5.56. The summed E-state index contributed by atoms with van der Waals surface area (Å²) in [6.07, 6.45) is 3.67. The largest absolute Gasteiger partial charge is 0.491 e. The zero-order valence-corrected chi connectivity index (χ0v) is 9.74. The fourth-order valence-electron chi connectivity index (χ4n) is 2.04. The smallest absolute Gasteiger partial charge is 0.145 e. The first-order chi connectivity index (χ1) is 7.77. The van der Waals surface area contributed by atoms with Crippen molar-refractivity contribution in [3.63, 3.8) is 0 Å². The molecule has 1 aromatic rings. The second kappa shape index (κ2) is 5.21. The second-order valence-corrected chi connectivity index (χ2v) is 4.27. The van der Waals surface area contributed by atoms with Gasteiger partial charge in [0.15, 0.2) is 0 Å². The van der Waals surface area contributed by atoms with Crippen LogP contribution < -0.4 is 10.5 Å². The molecule has 1 aliphatic heterocycles. The van der Waals surface area contributed by atoms with Crippen molar-refractivity contribution in [2.45, 2.75) is 32.3 Å². The average Bonchev–Trinajstić information content (AvgIpc) is 2.75. The van der Waals surface area contributed by atoms with Gasteiger partial charge in [-0.2, -0.15) is 0 Å². The van der Waals surface area contributed by atoms with E-state index in [1.807, 2.05) is 25.1 Å². The number of ether oxygens (including phenoxy) is 2. The summed E-state index contributed by atoms with van der Waals surface area (Å²) < 4.78 is 11.3. The van der Waals surface area contributed by atoms with Crippen LogP contribution in [0.5, 0.6) is 5.75 Å². The van der Waals surface area contributed by atoms with Gasteiger partial charge in [0.1, 0.15) is 5.75 Å². The van der Waals surface area contributed by atoms with Gasteiger partial charge in [-0.3, -0.25) is 0 Å². The van der Waals surface area contributed by atoms with Crippen molar-refractivity contribution in [3.8, 4) is 5.75 Å². The topological polar surface area (TPSA) is 44.5 Å². The molecule has 3 heteroatoms. The summed E-state index contributed by atoms with van der Waals surface area (Å²) in [5.41, 5.74) is 7.66. The van der Waals surface area contributed by atoms with Crippen molar-refractivity contribution in [3.05, 3.63) is 23.8 Å². The molecule has 0 amide bonds. The fourth-order valence-corrected chi connectivity index (χ4v) is 2.04. The Hall–Kier alpha value is -1.22. The van der Waals surface area contributed by atoms with E-state index in [-0.39, 0.29) is 0 Å². The minimum Gasteiger partial charge on any atom is -0.491 e. The van der Waals surface area contributed by atoms with Crippen LogP contribution in [0.1, 0.15) is 24.8 Å². The maximum atomic E-state index is 5.86. The number of anilines is 1. The number of nitrogen functional groups attached to an aromatic ring is 1. The normalized spacial score (nSPS) is 19.9. The monoisotopic (exact) mass is 221 g/mol. The summed E-state index contributed by atoms with van der Waals surface area (Å²) in [5.74, 6) is 0.820. The van der Waals surface area contributed by atoms with Crippen molar-refractivity contribution < 1.29 is 9.47 Å². The van der Waals surface area contributed by atoms with Crippen molar-refractivity contribution in [2.75, 3.05) is 18.9 Å². The summed E-state index contributed by atoms with van der Waals surface area (Å²) in [6, 6.07) is 5.82. The number of nitrogens with two attached hydrogens (primary N) is 1. The molecule has 1 heterocycles. The highest BCUT2D eigenvalue weighted by Gasteiger charge is 2.15. The van der Waals surface area contributed by atoms with Crippen LogP contribution in [0.25, 0.3) is 0 Å². The zero-order valence-electron chi connectivity index (χ0n) is 9.74. The second-order valence-electron chi connectivity index (χ2n) is 4.27. The van der Waals surface area contributed by atoms with Gasteiger partial charge in [0.25, 0.3) is 0 Å². The first-order valence-corrected chi connectivity index (χ1v) is 5.87. The average molecular weight is 221 g/mol. The summed E-state index contributed by atoms with van der Waals surface area (Å²) in [6.45, 7) is 3.59. The van der Waals surface area contributed by atoms with Gasteiger partial charge in [0.2, 0.25) is 0 Å². The van der Waals surface area contributed by atoms with Gasteiger partial charge < -0.3 is 15.2 Å². The predicted molar refractivity (Wildman–Crippen MR) is 64.7 cm³/mol. The zero-order chi connectivity index (χ0) is 11.4. The van der Waals surface area contributed by atoms with Crippen LogP contribution in [0, 0.1) is 6.92 Å². The summed E-state index contributed by atoms with van der Waals surface area (Å²) in [5, 5.41) is 0. The van der Waals surface area contributed by atoms with Gasteiger partial charge in [-0.05, 0) is 31.4 Å². The van der Waals surface area contributed by atoms with E-state index in [4.69, 9.17) is 15.2 Å². The minimum atomic E-state index is 0.380. The van der Waals surface area contributed by atoms with E-state index in [1.165, 1.54) is 6.42 Å². The van der Waals surface area contributed by atoms with Crippen LogP contribution in [0.15, 0.2) is 18.2 Å². The molecule has 1 aromatic carbocycles. The Morgan fingerprint density at radius 3 is 3.06 bits per heavy atom. The first kappa shape index (κ1) is 11.3. The molecule has 1 atom stereocenters. The Morgan fingerprint density at radius 2 is 2.38 bits per heavy atom. The number of para-hydroxylation sites is 1. The van der Waals surface area contributed by atoms with Gasteiger partial charge in [0, 0.05) is 13.0 Å². The summed E-state index contributed by atoms with van der Waals surface area (Å²) >= 11 is 0. The third-order valence-corrected chi connectivity index (χ3v) is 2.95. The lowest BCUT2D eigenvalue weighted by Crippen LogP contribution is -2.11. The van der Waals surface area contributed by atoms with Gasteiger partial charge in [-0.15, -0.1) is 0 Å². The molecule has 0 aromatic heterocycles. The van der Waals surface area contributed by atoms with E-state index in [9.17, 15) is 0 Å². The van der Waals surface area contributed by atoms with E-state index in [1.54, 1.807) is 0 Å². The van der Waals surface area contributed by atoms with Crippen LogP contribution in [0.3, 0.4) is 0 Å². The van der Waals surface area contributed by atoms with E-state index in [0.717, 1.165) is 30.8 Å². The third-order valence-electron chi connectivity index (χ3n) is 2.95. The Labute approximate surface area is 96.5 Å². The summed E-state index contributed by atoms with van der Waals surface area (Å²) in [7, 11) is 0. The van der Waals surface area contributed by atoms with Crippen LogP contribution in [-0.2, 0) is 4.74 Å². The number of hydrogen-bond acceptors (Lipinski definition) is 3. The molecule has 2 N–H and O–H groups in total. The molecular weight excluding hydrogens is 202 g/mol. The predicted octanol–water partition coefficient (Wildman–Crippen LogP) is 2.53. The molecule has 1 aliphatic rings. The molecule has 0 spiro atoms. The molecule has 1 saturated heterocycles. The summed E-state index contributed by atoms with van der Waals surface area (Å²) in [4.78, 5) is 0. The van der Waals surface area contributed by atoms with E-state index in [0.29, 0.717) is 18.4 Å². The number of rotatable bonds is 4. The van der Waals surface area contributed by atoms with Crippen molar-refractivity contribution in [1.29, 1.82) is 0 Å². The molecule has 0 bridgehead atoms. The highest BCUT2D eigenvalue weighted by atomic mass is 16.5. The van der Waals surface area contributed by atoms with Crippen LogP contribution >= 0.6 is 0 Å². The lowest BCUT2D eigenvalue weighted by atomic mass is 10.2. The molecule has 0 aliphatic carbocycles. The number of hydrogen-bond donors (Lipinski definition) is 1. The SMILES string of the molecule is Cc1cccc(N)c1OCCC1CCCO1. The van der Waals surface area contributed by atoms with Crippen LogP contribution in [0.2, 0.25) is 0 Å². The van der Waals surface area contributed by atoms with E-state index >= 15 is 0 Å². The van der Waals surface area contributed by atoms with Crippen LogP contribution in [0.4, 0.5) is 5.69 Å². The van der Waals surface area contributed by atoms with Crippen LogP contribution in [-0.4, -0.2) is 19.3 Å². The molecular formula is C13H19NO2. The first-order valence-electron chi connectivity index (χ1n) is 5.87. The van der Waals surface area contributed by atoms with E-state index < -0.39 is 0 Å².